The van der Waals surface area contributed by atoms with Crippen LogP contribution in [-0.2, 0) is 40.3 Å². The first kappa shape index (κ1) is 37.0. The average molecular weight is 769 g/mol. The topological polar surface area (TPSA) is 117 Å². The van der Waals surface area contributed by atoms with Gasteiger partial charge in [-0.25, -0.2) is 4.79 Å². The van der Waals surface area contributed by atoms with Gasteiger partial charge in [0, 0.05) is 30.4 Å². The Hall–Kier alpha value is -5.29. The van der Waals surface area contributed by atoms with E-state index in [0.717, 1.165) is 44.8 Å². The van der Waals surface area contributed by atoms with Crippen molar-refractivity contribution in [2.45, 2.75) is 58.0 Å². The Morgan fingerprint density at radius 1 is 0.907 bits per heavy atom. The van der Waals surface area contributed by atoms with Crippen LogP contribution in [0.4, 0.5) is 0 Å². The third kappa shape index (κ3) is 8.57. The Morgan fingerprint density at radius 2 is 1.65 bits per heavy atom. The summed E-state index contributed by atoms with van der Waals surface area (Å²) in [7, 11) is 1.31. The molecule has 0 aliphatic carbocycles. The highest BCUT2D eigenvalue weighted by Gasteiger charge is 2.31. The first-order chi connectivity index (χ1) is 26.1. The molecule has 5 aromatic rings. The molecular weight excluding hydrogens is 729 g/mol. The van der Waals surface area contributed by atoms with Crippen molar-refractivity contribution in [1.82, 2.24) is 15.6 Å². The van der Waals surface area contributed by atoms with Gasteiger partial charge in [-0.05, 0) is 103 Å². The number of nitrogens with zero attached hydrogens (tertiary/aromatic N) is 1. The lowest BCUT2D eigenvalue weighted by atomic mass is 9.94. The summed E-state index contributed by atoms with van der Waals surface area (Å²) >= 11 is 12.1. The van der Waals surface area contributed by atoms with Crippen LogP contribution in [0.15, 0.2) is 91.1 Å². The molecule has 2 N–H and O–H groups in total. The minimum atomic E-state index is -0.872. The largest absolute Gasteiger partial charge is 0.489 e. The van der Waals surface area contributed by atoms with E-state index in [1.165, 1.54) is 7.11 Å². The Bertz CT molecular complexity index is 2160. The molecule has 0 spiro atoms. The predicted octanol–water partition coefficient (Wildman–Crippen LogP) is 7.80. The molecular formula is C42H39Cl2N3O7. The fourth-order valence-electron chi connectivity index (χ4n) is 6.40. The van der Waals surface area contributed by atoms with Gasteiger partial charge in [-0.1, -0.05) is 53.5 Å². The van der Waals surface area contributed by atoms with Crippen molar-refractivity contribution in [2.24, 2.45) is 0 Å². The highest BCUT2D eigenvalue weighted by molar-refractivity contribution is 6.42. The first-order valence-corrected chi connectivity index (χ1v) is 18.3. The molecule has 4 aromatic carbocycles. The minimum Gasteiger partial charge on any atom is -0.489 e. The summed E-state index contributed by atoms with van der Waals surface area (Å²) in [6.45, 7) is 5.03. The molecule has 3 atom stereocenters. The van der Waals surface area contributed by atoms with Crippen molar-refractivity contribution in [3.05, 3.63) is 140 Å². The number of fused-ring (bicyclic) bond motifs is 2. The highest BCUT2D eigenvalue weighted by atomic mass is 35.5. The molecule has 7 rings (SSSR count). The zero-order chi connectivity index (χ0) is 37.8. The number of pyridine rings is 1. The van der Waals surface area contributed by atoms with Crippen molar-refractivity contribution in [3.63, 3.8) is 0 Å². The van der Waals surface area contributed by atoms with Crippen LogP contribution in [0.25, 0.3) is 0 Å². The van der Waals surface area contributed by atoms with Gasteiger partial charge in [0.1, 0.15) is 36.5 Å². The van der Waals surface area contributed by atoms with Crippen molar-refractivity contribution >= 4 is 35.1 Å². The number of carbonyl (C=O) groups excluding carboxylic acids is 2. The SMILES string of the molecule is COC(=O)C(Cc1ccc(Oc2ccnc(C)c2C)cc1)NC(=O)C1Cc2cc3c(cc2CN1)OC(c1ccc(OCc2ccc(Cl)c(Cl)c2)cc1)CO3. The van der Waals surface area contributed by atoms with E-state index in [2.05, 4.69) is 15.6 Å². The van der Waals surface area contributed by atoms with Crippen LogP contribution >= 0.6 is 23.2 Å². The molecule has 1 amide bonds. The lowest BCUT2D eigenvalue weighted by Crippen LogP contribution is -2.53. The number of rotatable bonds is 11. The quantitative estimate of drug-likeness (QED) is 0.130. The Labute approximate surface area is 323 Å². The monoisotopic (exact) mass is 767 g/mol. The second-order valence-corrected chi connectivity index (χ2v) is 14.1. The van der Waals surface area contributed by atoms with Crippen molar-refractivity contribution < 1.29 is 33.3 Å². The lowest BCUT2D eigenvalue weighted by Gasteiger charge is -2.31. The molecule has 0 saturated heterocycles. The Morgan fingerprint density at radius 3 is 2.41 bits per heavy atom. The maximum absolute atomic E-state index is 13.5. The second kappa shape index (κ2) is 16.4. The summed E-state index contributed by atoms with van der Waals surface area (Å²) in [4.78, 5) is 30.6. The third-order valence-corrected chi connectivity index (χ3v) is 10.4. The first-order valence-electron chi connectivity index (χ1n) is 17.6. The van der Waals surface area contributed by atoms with E-state index < -0.39 is 18.1 Å². The number of hydrogen-bond donors (Lipinski definition) is 2. The summed E-state index contributed by atoms with van der Waals surface area (Å²) in [5.41, 5.74) is 6.56. The van der Waals surface area contributed by atoms with Crippen molar-refractivity contribution in [1.29, 1.82) is 0 Å². The summed E-state index contributed by atoms with van der Waals surface area (Å²) < 4.78 is 29.6. The molecule has 0 bridgehead atoms. The third-order valence-electron chi connectivity index (χ3n) is 9.65. The van der Waals surface area contributed by atoms with Gasteiger partial charge >= 0.3 is 5.97 Å². The normalized spacial score (nSPS) is 16.5. The van der Waals surface area contributed by atoms with Gasteiger partial charge in [0.25, 0.3) is 0 Å². The van der Waals surface area contributed by atoms with E-state index in [0.29, 0.717) is 59.2 Å². The van der Waals surface area contributed by atoms with Gasteiger partial charge in [-0.2, -0.15) is 0 Å². The van der Waals surface area contributed by atoms with Gasteiger partial charge in [0.15, 0.2) is 17.6 Å². The van der Waals surface area contributed by atoms with Crippen LogP contribution < -0.4 is 29.6 Å². The predicted molar refractivity (Wildman–Crippen MR) is 205 cm³/mol. The number of methoxy groups -OCH3 is 1. The van der Waals surface area contributed by atoms with Gasteiger partial charge in [-0.15, -0.1) is 0 Å². The molecule has 0 radical (unpaired) electrons. The molecule has 54 heavy (non-hydrogen) atoms. The number of benzene rings is 4. The molecule has 3 unspecified atom stereocenters. The van der Waals surface area contributed by atoms with Crippen molar-refractivity contribution in [2.75, 3.05) is 13.7 Å². The number of amides is 1. The summed E-state index contributed by atoms with van der Waals surface area (Å²) in [6, 6.07) is 24.9. The standard InChI is InChI=1S/C42H39Cl2N3O7/c1-24-25(2)45-15-14-37(24)53-32-9-4-26(5-10-32)17-36(42(49)50-3)47-41(48)35-18-29-19-38-39(20-30(29)21-46-35)54-40(23-52-38)28-7-11-31(12-8-28)51-22-27-6-13-33(43)34(44)16-27/h4-16,19-20,35-36,40,46H,17-18,21-23H2,1-3H3,(H,47,48). The zero-order valence-corrected chi connectivity index (χ0v) is 31.5. The molecule has 12 heteroatoms. The molecule has 2 aliphatic heterocycles. The van der Waals surface area contributed by atoms with Crippen molar-refractivity contribution in [3.8, 4) is 28.7 Å². The van der Waals surface area contributed by atoms with Gasteiger partial charge < -0.3 is 34.3 Å². The molecule has 10 nitrogen and oxygen atoms in total. The number of carbonyl (C=O) groups is 2. The van der Waals surface area contributed by atoms with E-state index >= 15 is 0 Å². The van der Waals surface area contributed by atoms with Crippen LogP contribution in [0.1, 0.15) is 45.2 Å². The minimum absolute atomic E-state index is 0.254. The number of aromatic nitrogens is 1. The van der Waals surface area contributed by atoms with E-state index in [-0.39, 0.29) is 18.4 Å². The van der Waals surface area contributed by atoms with Crippen LogP contribution in [-0.4, -0.2) is 42.7 Å². The highest BCUT2D eigenvalue weighted by Crippen LogP contribution is 2.40. The number of aryl methyl sites for hydroxylation is 1. The zero-order valence-electron chi connectivity index (χ0n) is 30.0. The Kier molecular flexibility index (Phi) is 11.2. The van der Waals surface area contributed by atoms with E-state index in [1.54, 1.807) is 18.3 Å². The molecule has 278 valence electrons. The van der Waals surface area contributed by atoms with E-state index in [1.807, 2.05) is 86.6 Å². The molecule has 1 aromatic heterocycles. The maximum Gasteiger partial charge on any atom is 0.328 e. The van der Waals surface area contributed by atoms with E-state index in [9.17, 15) is 9.59 Å². The number of esters is 1. The summed E-state index contributed by atoms with van der Waals surface area (Å²) in [5.74, 6) is 2.55. The molecule has 0 saturated carbocycles. The van der Waals surface area contributed by atoms with Crippen LogP contribution in [0.5, 0.6) is 28.7 Å². The van der Waals surface area contributed by atoms with Crippen LogP contribution in [0.3, 0.4) is 0 Å². The number of hydrogen-bond acceptors (Lipinski definition) is 9. The summed E-state index contributed by atoms with van der Waals surface area (Å²) in [5, 5.41) is 7.22. The average Bonchev–Trinajstić information content (AvgIpc) is 3.19. The second-order valence-electron chi connectivity index (χ2n) is 13.3. The van der Waals surface area contributed by atoms with Crippen LogP contribution in [0.2, 0.25) is 10.0 Å². The molecule has 0 fully saturated rings. The molecule has 3 heterocycles. The lowest BCUT2D eigenvalue weighted by molar-refractivity contribution is -0.145. The van der Waals surface area contributed by atoms with Gasteiger partial charge in [0.2, 0.25) is 5.91 Å². The van der Waals surface area contributed by atoms with E-state index in [4.69, 9.17) is 46.9 Å². The maximum atomic E-state index is 13.5. The smallest absolute Gasteiger partial charge is 0.328 e. The summed E-state index contributed by atoms with van der Waals surface area (Å²) in [6.07, 6.45) is 2.08. The molecule has 2 aliphatic rings. The fraction of sp³-hybridized carbons (Fsp3) is 0.262. The van der Waals surface area contributed by atoms with Gasteiger partial charge in [0.05, 0.1) is 23.2 Å². The number of ether oxygens (including phenoxy) is 5. The van der Waals surface area contributed by atoms with Crippen LogP contribution in [0, 0.1) is 13.8 Å². The fourth-order valence-corrected chi connectivity index (χ4v) is 6.72. The Balaban J connectivity index is 0.942. The number of nitrogens with one attached hydrogen (secondary N) is 2. The van der Waals surface area contributed by atoms with Gasteiger partial charge in [-0.3, -0.25) is 9.78 Å². The number of halogens is 2.